The maximum Gasteiger partial charge on any atom is 0.337 e. The lowest BCUT2D eigenvalue weighted by Crippen LogP contribution is -2.12. The molecule has 0 atom stereocenters. The van der Waals surface area contributed by atoms with Gasteiger partial charge in [-0.25, -0.2) is 4.79 Å². The molecule has 0 radical (unpaired) electrons. The minimum atomic E-state index is -1.18. The van der Waals surface area contributed by atoms with Crippen LogP contribution >= 0.6 is 0 Å². The van der Waals surface area contributed by atoms with Gasteiger partial charge in [-0.3, -0.25) is 9.59 Å². The molecular formula is C11H12N2O4. The van der Waals surface area contributed by atoms with Crippen molar-refractivity contribution >= 4 is 29.2 Å². The Hall–Kier alpha value is -2.37. The van der Waals surface area contributed by atoms with Crippen LogP contribution in [0.4, 0.5) is 11.4 Å². The van der Waals surface area contributed by atoms with Gasteiger partial charge in [-0.05, 0) is 18.2 Å². The topological polar surface area (TPSA) is 95.5 Å². The molecule has 0 aliphatic carbocycles. The molecule has 0 bridgehead atoms. The Bertz CT molecular complexity index is 482. The lowest BCUT2D eigenvalue weighted by molar-refractivity contribution is -0.115. The molecule has 0 unspecified atom stereocenters. The summed E-state index contributed by atoms with van der Waals surface area (Å²) in [5.74, 6) is -1.84. The van der Waals surface area contributed by atoms with E-state index >= 15 is 0 Å². The zero-order valence-corrected chi connectivity index (χ0v) is 9.40. The highest BCUT2D eigenvalue weighted by Gasteiger charge is 2.12. The average Bonchev–Trinajstić information content (AvgIpc) is 2.18. The summed E-state index contributed by atoms with van der Waals surface area (Å²) in [7, 11) is 0. The molecule has 1 aromatic carbocycles. The molecular weight excluding hydrogens is 224 g/mol. The second-order valence-corrected chi connectivity index (χ2v) is 3.43. The van der Waals surface area contributed by atoms with E-state index in [1.807, 2.05) is 0 Å². The molecule has 90 valence electrons. The number of rotatable bonds is 3. The summed E-state index contributed by atoms with van der Waals surface area (Å²) in [4.78, 5) is 32.7. The smallest absolute Gasteiger partial charge is 0.337 e. The zero-order chi connectivity index (χ0) is 13.0. The van der Waals surface area contributed by atoms with Crippen molar-refractivity contribution in [3.63, 3.8) is 0 Å². The zero-order valence-electron chi connectivity index (χ0n) is 9.40. The third-order valence-electron chi connectivity index (χ3n) is 1.88. The monoisotopic (exact) mass is 236 g/mol. The SMILES string of the molecule is CC(=O)Nc1ccc(NC(C)=O)c(C(=O)O)c1. The maximum absolute atomic E-state index is 11.0. The van der Waals surface area contributed by atoms with Crippen LogP contribution in [-0.4, -0.2) is 22.9 Å². The molecule has 0 saturated heterocycles. The van der Waals surface area contributed by atoms with Gasteiger partial charge in [0.1, 0.15) is 0 Å². The first-order valence-corrected chi connectivity index (χ1v) is 4.82. The van der Waals surface area contributed by atoms with Gasteiger partial charge in [-0.15, -0.1) is 0 Å². The predicted octanol–water partition coefficient (Wildman–Crippen LogP) is 1.30. The Labute approximate surface area is 97.6 Å². The second-order valence-electron chi connectivity index (χ2n) is 3.43. The van der Waals surface area contributed by atoms with Crippen molar-refractivity contribution in [2.75, 3.05) is 10.6 Å². The standard InChI is InChI=1S/C11H12N2O4/c1-6(14)12-8-3-4-10(13-7(2)15)9(5-8)11(16)17/h3-5H,1-2H3,(H,12,14)(H,13,15)(H,16,17). The summed E-state index contributed by atoms with van der Waals surface area (Å²) in [5, 5.41) is 13.8. The van der Waals surface area contributed by atoms with E-state index in [0.717, 1.165) is 0 Å². The van der Waals surface area contributed by atoms with Crippen molar-refractivity contribution < 1.29 is 19.5 Å². The van der Waals surface area contributed by atoms with E-state index in [2.05, 4.69) is 10.6 Å². The van der Waals surface area contributed by atoms with Crippen LogP contribution in [0.3, 0.4) is 0 Å². The van der Waals surface area contributed by atoms with Crippen LogP contribution in [0.2, 0.25) is 0 Å². The average molecular weight is 236 g/mol. The van der Waals surface area contributed by atoms with E-state index in [0.29, 0.717) is 5.69 Å². The lowest BCUT2D eigenvalue weighted by Gasteiger charge is -2.09. The minimum Gasteiger partial charge on any atom is -0.478 e. The summed E-state index contributed by atoms with van der Waals surface area (Å²) in [5.41, 5.74) is 0.481. The molecule has 2 amide bonds. The summed E-state index contributed by atoms with van der Waals surface area (Å²) in [6, 6.07) is 4.23. The first-order chi connectivity index (χ1) is 7.90. The Morgan fingerprint density at radius 3 is 2.12 bits per heavy atom. The van der Waals surface area contributed by atoms with E-state index in [4.69, 9.17) is 5.11 Å². The molecule has 0 aliphatic rings. The molecule has 0 heterocycles. The molecule has 1 aromatic rings. The van der Waals surface area contributed by atoms with Crippen LogP contribution in [0.1, 0.15) is 24.2 Å². The van der Waals surface area contributed by atoms with Gasteiger partial charge in [0.2, 0.25) is 11.8 Å². The Kier molecular flexibility index (Phi) is 3.82. The summed E-state index contributed by atoms with van der Waals surface area (Å²) in [6.07, 6.45) is 0. The van der Waals surface area contributed by atoms with Crippen LogP contribution in [0, 0.1) is 0 Å². The van der Waals surface area contributed by atoms with Gasteiger partial charge in [0, 0.05) is 19.5 Å². The van der Waals surface area contributed by atoms with Gasteiger partial charge in [-0.2, -0.15) is 0 Å². The molecule has 1 rings (SSSR count). The highest BCUT2D eigenvalue weighted by atomic mass is 16.4. The van der Waals surface area contributed by atoms with Gasteiger partial charge in [0.25, 0.3) is 0 Å². The van der Waals surface area contributed by atoms with Crippen LogP contribution in [0.25, 0.3) is 0 Å². The lowest BCUT2D eigenvalue weighted by atomic mass is 10.1. The molecule has 6 nitrogen and oxygen atoms in total. The molecule has 6 heteroatoms. The van der Waals surface area contributed by atoms with Crippen molar-refractivity contribution in [1.29, 1.82) is 0 Å². The highest BCUT2D eigenvalue weighted by molar-refractivity contribution is 6.01. The fourth-order valence-corrected chi connectivity index (χ4v) is 1.30. The normalized spacial score (nSPS) is 9.53. The number of hydrogen-bond acceptors (Lipinski definition) is 3. The van der Waals surface area contributed by atoms with Crippen molar-refractivity contribution in [3.8, 4) is 0 Å². The largest absolute Gasteiger partial charge is 0.478 e. The summed E-state index contributed by atoms with van der Waals surface area (Å²) >= 11 is 0. The maximum atomic E-state index is 11.0. The quantitative estimate of drug-likeness (QED) is 0.737. The molecule has 0 spiro atoms. The number of carboxylic acid groups (broad SMARTS) is 1. The highest BCUT2D eigenvalue weighted by Crippen LogP contribution is 2.20. The Morgan fingerprint density at radius 2 is 1.65 bits per heavy atom. The number of benzene rings is 1. The van der Waals surface area contributed by atoms with Gasteiger partial charge in [0.05, 0.1) is 11.3 Å². The Morgan fingerprint density at radius 1 is 1.06 bits per heavy atom. The van der Waals surface area contributed by atoms with E-state index in [1.54, 1.807) is 0 Å². The van der Waals surface area contributed by atoms with Crippen LogP contribution in [0.5, 0.6) is 0 Å². The number of nitrogens with one attached hydrogen (secondary N) is 2. The number of aromatic carboxylic acids is 1. The summed E-state index contributed by atoms with van der Waals surface area (Å²) < 4.78 is 0. The number of carbonyl (C=O) groups excluding carboxylic acids is 2. The Balaban J connectivity index is 3.12. The van der Waals surface area contributed by atoms with Crippen molar-refractivity contribution in [3.05, 3.63) is 23.8 Å². The third-order valence-corrected chi connectivity index (χ3v) is 1.88. The van der Waals surface area contributed by atoms with Crippen molar-refractivity contribution in [1.82, 2.24) is 0 Å². The number of carboxylic acids is 1. The van der Waals surface area contributed by atoms with Crippen LogP contribution in [-0.2, 0) is 9.59 Å². The first-order valence-electron chi connectivity index (χ1n) is 4.82. The van der Waals surface area contributed by atoms with E-state index in [1.165, 1.54) is 32.0 Å². The van der Waals surface area contributed by atoms with E-state index in [9.17, 15) is 14.4 Å². The first kappa shape index (κ1) is 12.7. The molecule has 3 N–H and O–H groups in total. The number of anilines is 2. The molecule has 0 saturated carbocycles. The molecule has 0 aromatic heterocycles. The molecule has 0 fully saturated rings. The number of carbonyl (C=O) groups is 3. The van der Waals surface area contributed by atoms with Gasteiger partial charge < -0.3 is 15.7 Å². The second kappa shape index (κ2) is 5.11. The van der Waals surface area contributed by atoms with E-state index < -0.39 is 5.97 Å². The predicted molar refractivity (Wildman–Crippen MR) is 62.0 cm³/mol. The van der Waals surface area contributed by atoms with E-state index in [-0.39, 0.29) is 23.1 Å². The fourth-order valence-electron chi connectivity index (χ4n) is 1.30. The van der Waals surface area contributed by atoms with Crippen LogP contribution in [0.15, 0.2) is 18.2 Å². The van der Waals surface area contributed by atoms with Gasteiger partial charge in [-0.1, -0.05) is 0 Å². The van der Waals surface area contributed by atoms with Gasteiger partial charge in [0.15, 0.2) is 0 Å². The summed E-state index contributed by atoms with van der Waals surface area (Å²) in [6.45, 7) is 2.61. The minimum absolute atomic E-state index is 0.0774. The van der Waals surface area contributed by atoms with Gasteiger partial charge >= 0.3 is 5.97 Å². The third kappa shape index (κ3) is 3.60. The van der Waals surface area contributed by atoms with Crippen LogP contribution < -0.4 is 10.6 Å². The fraction of sp³-hybridized carbons (Fsp3) is 0.182. The number of amides is 2. The number of hydrogen-bond donors (Lipinski definition) is 3. The molecule has 0 aliphatic heterocycles. The van der Waals surface area contributed by atoms with Crippen molar-refractivity contribution in [2.24, 2.45) is 0 Å². The van der Waals surface area contributed by atoms with Crippen molar-refractivity contribution in [2.45, 2.75) is 13.8 Å². The molecule has 17 heavy (non-hydrogen) atoms.